The fourth-order valence-corrected chi connectivity index (χ4v) is 5.45. The van der Waals surface area contributed by atoms with Gasteiger partial charge in [-0.05, 0) is 48.9 Å². The Morgan fingerprint density at radius 2 is 1.67 bits per heavy atom. The molecule has 1 aliphatic rings. The van der Waals surface area contributed by atoms with Gasteiger partial charge in [-0.15, -0.1) is 0 Å². The first-order valence-electron chi connectivity index (χ1n) is 10.9. The topological polar surface area (TPSA) is 62.1 Å². The van der Waals surface area contributed by atoms with E-state index < -0.39 is 46.3 Å². The molecule has 1 amide bonds. The number of ether oxygens (including phenoxy) is 1. The molecule has 0 fully saturated rings. The summed E-state index contributed by atoms with van der Waals surface area (Å²) in [6.07, 6.45) is -0.0667. The van der Waals surface area contributed by atoms with Gasteiger partial charge in [-0.2, -0.15) is 5.10 Å². The molecular weight excluding hydrogens is 496 g/mol. The van der Waals surface area contributed by atoms with Gasteiger partial charge in [-0.25, -0.2) is 22.6 Å². The Morgan fingerprint density at radius 1 is 1.03 bits per heavy atom. The lowest BCUT2D eigenvalue weighted by atomic mass is 9.92. The van der Waals surface area contributed by atoms with Crippen LogP contribution in [0.3, 0.4) is 0 Å². The van der Waals surface area contributed by atoms with E-state index in [0.717, 1.165) is 53.2 Å². The average Bonchev–Trinajstić information content (AvgIpc) is 3.27. The number of hydrogen-bond donors (Lipinski definition) is 1. The summed E-state index contributed by atoms with van der Waals surface area (Å²) in [5, 5.41) is 15.3. The minimum absolute atomic E-state index is 0.0316. The molecule has 0 spiro atoms. The fourth-order valence-electron chi connectivity index (χ4n) is 4.09. The Balaban J connectivity index is 1.94. The predicted octanol–water partition coefficient (Wildman–Crippen LogP) is 5.28. The van der Waals surface area contributed by atoms with Crippen molar-refractivity contribution in [3.05, 3.63) is 107 Å². The lowest BCUT2D eigenvalue weighted by Gasteiger charge is -2.39. The molecule has 0 bridgehead atoms. The van der Waals surface area contributed by atoms with E-state index in [1.807, 2.05) is 0 Å². The number of amides is 1. The number of thioether (sulfide) groups is 1. The third-order valence-electron chi connectivity index (χ3n) is 6.08. The highest BCUT2D eigenvalue weighted by Gasteiger charge is 2.54. The van der Waals surface area contributed by atoms with Crippen LogP contribution in [0.2, 0.25) is 0 Å². The zero-order valence-electron chi connectivity index (χ0n) is 19.3. The maximum absolute atomic E-state index is 14.8. The van der Waals surface area contributed by atoms with Crippen molar-refractivity contribution < 1.29 is 32.2 Å². The number of carbonyl (C=O) groups excluding carboxylic acids is 1. The van der Waals surface area contributed by atoms with Gasteiger partial charge in [0.1, 0.15) is 33.2 Å². The Bertz CT molecular complexity index is 1320. The standard InChI is InChI=1S/C26H22F4N2O3S/c1-25(35-2,20-15-18(28)9-11-22(20)30)24(34)32-26(12-13-33,16-6-4-3-5-7-16)36-23(31-32)19-14-17(27)8-10-21(19)29/h3-11,14-15,33H,12-13H2,1-2H3/t25-,26?/m0/s1. The van der Waals surface area contributed by atoms with Gasteiger partial charge in [0.15, 0.2) is 5.60 Å². The molecule has 1 N–H and O–H groups in total. The van der Waals surface area contributed by atoms with Crippen molar-refractivity contribution in [1.29, 1.82) is 0 Å². The highest BCUT2D eigenvalue weighted by molar-refractivity contribution is 8.15. The number of rotatable bonds is 7. The number of halogens is 4. The Labute approximate surface area is 209 Å². The van der Waals surface area contributed by atoms with Gasteiger partial charge in [-0.3, -0.25) is 4.79 Å². The van der Waals surface area contributed by atoms with Crippen LogP contribution in [0.5, 0.6) is 0 Å². The molecule has 5 nitrogen and oxygen atoms in total. The van der Waals surface area contributed by atoms with Crippen LogP contribution in [0.4, 0.5) is 17.6 Å². The smallest absolute Gasteiger partial charge is 0.281 e. The average molecular weight is 519 g/mol. The Morgan fingerprint density at radius 3 is 2.31 bits per heavy atom. The number of benzene rings is 3. The van der Waals surface area contributed by atoms with Crippen molar-refractivity contribution in [2.75, 3.05) is 13.7 Å². The van der Waals surface area contributed by atoms with Gasteiger partial charge < -0.3 is 9.84 Å². The molecule has 1 unspecified atom stereocenters. The van der Waals surface area contributed by atoms with Crippen LogP contribution < -0.4 is 0 Å². The maximum Gasteiger partial charge on any atom is 0.281 e. The van der Waals surface area contributed by atoms with Crippen LogP contribution in [0, 0.1) is 23.3 Å². The third-order valence-corrected chi connectivity index (χ3v) is 7.53. The van der Waals surface area contributed by atoms with Gasteiger partial charge in [0.25, 0.3) is 5.91 Å². The van der Waals surface area contributed by atoms with Gasteiger partial charge in [-0.1, -0.05) is 42.1 Å². The number of hydrogen-bond acceptors (Lipinski definition) is 5. The second kappa shape index (κ2) is 10.0. The molecular formula is C26H22F4N2O3S. The van der Waals surface area contributed by atoms with Crippen molar-refractivity contribution >= 4 is 22.7 Å². The highest BCUT2D eigenvalue weighted by Crippen LogP contribution is 2.51. The van der Waals surface area contributed by atoms with Crippen LogP contribution in [0.15, 0.2) is 71.8 Å². The van der Waals surface area contributed by atoms with E-state index in [1.165, 1.54) is 14.0 Å². The van der Waals surface area contributed by atoms with E-state index in [9.17, 15) is 27.5 Å². The number of hydrazone groups is 1. The van der Waals surface area contributed by atoms with Gasteiger partial charge in [0, 0.05) is 31.3 Å². The van der Waals surface area contributed by atoms with Crippen LogP contribution in [-0.4, -0.2) is 34.8 Å². The SMILES string of the molecule is CO[C@](C)(C(=O)N1N=C(c2cc(F)ccc2F)SC1(CCO)c1ccccc1)c1cc(F)ccc1F. The maximum atomic E-state index is 14.8. The number of methoxy groups -OCH3 is 1. The lowest BCUT2D eigenvalue weighted by molar-refractivity contribution is -0.158. The Hall–Kier alpha value is -3.21. The van der Waals surface area contributed by atoms with E-state index in [0.29, 0.717) is 5.56 Å². The second-order valence-corrected chi connectivity index (χ2v) is 9.50. The minimum atomic E-state index is -2.05. The van der Waals surface area contributed by atoms with Crippen molar-refractivity contribution in [1.82, 2.24) is 5.01 Å². The largest absolute Gasteiger partial charge is 0.396 e. The first kappa shape index (κ1) is 25.9. The molecule has 3 aromatic rings. The zero-order chi connectivity index (χ0) is 26.1. The summed E-state index contributed by atoms with van der Waals surface area (Å²) in [6.45, 7) is 0.862. The molecule has 1 aliphatic heterocycles. The van der Waals surface area contributed by atoms with Crippen molar-refractivity contribution in [2.45, 2.75) is 23.8 Å². The molecule has 0 radical (unpaired) electrons. The van der Waals surface area contributed by atoms with E-state index in [-0.39, 0.29) is 22.6 Å². The quantitative estimate of drug-likeness (QED) is 0.433. The normalized spacial score (nSPS) is 19.2. The number of aliphatic hydroxyl groups is 1. The monoisotopic (exact) mass is 518 g/mol. The van der Waals surface area contributed by atoms with E-state index >= 15 is 0 Å². The van der Waals surface area contributed by atoms with Crippen molar-refractivity contribution in [3.63, 3.8) is 0 Å². The van der Waals surface area contributed by atoms with E-state index in [2.05, 4.69) is 5.10 Å². The molecule has 10 heteroatoms. The highest BCUT2D eigenvalue weighted by atomic mass is 32.2. The van der Waals surface area contributed by atoms with E-state index in [4.69, 9.17) is 4.74 Å². The summed E-state index contributed by atoms with van der Waals surface area (Å²) < 4.78 is 63.1. The molecule has 36 heavy (non-hydrogen) atoms. The lowest BCUT2D eigenvalue weighted by Crippen LogP contribution is -2.51. The first-order valence-corrected chi connectivity index (χ1v) is 11.7. The molecule has 0 saturated carbocycles. The molecule has 1 heterocycles. The zero-order valence-corrected chi connectivity index (χ0v) is 20.2. The summed E-state index contributed by atoms with van der Waals surface area (Å²) >= 11 is 0.942. The van der Waals surface area contributed by atoms with E-state index in [1.54, 1.807) is 30.3 Å². The van der Waals surface area contributed by atoms with Gasteiger partial charge in [0.05, 0.1) is 0 Å². The molecule has 0 aliphatic carbocycles. The van der Waals surface area contributed by atoms with Crippen LogP contribution >= 0.6 is 11.8 Å². The summed E-state index contributed by atoms with van der Waals surface area (Å²) in [6, 6.07) is 14.0. The number of nitrogens with zero attached hydrogens (tertiary/aromatic N) is 2. The van der Waals surface area contributed by atoms with Crippen molar-refractivity contribution in [2.24, 2.45) is 5.10 Å². The third kappa shape index (κ3) is 4.40. The molecule has 4 rings (SSSR count). The molecule has 0 aromatic heterocycles. The predicted molar refractivity (Wildman–Crippen MR) is 128 cm³/mol. The van der Waals surface area contributed by atoms with Gasteiger partial charge in [0.2, 0.25) is 0 Å². The minimum Gasteiger partial charge on any atom is -0.396 e. The summed E-state index contributed by atoms with van der Waals surface area (Å²) in [5.74, 6) is -4.04. The summed E-state index contributed by atoms with van der Waals surface area (Å²) in [5.41, 5.74) is -2.09. The Kier molecular flexibility index (Phi) is 7.21. The molecule has 0 saturated heterocycles. The summed E-state index contributed by atoms with van der Waals surface area (Å²) in [7, 11) is 1.17. The molecule has 3 aromatic carbocycles. The van der Waals surface area contributed by atoms with Gasteiger partial charge >= 0.3 is 0 Å². The summed E-state index contributed by atoms with van der Waals surface area (Å²) in [4.78, 5) is 12.7. The van der Waals surface area contributed by atoms with Crippen LogP contribution in [0.1, 0.15) is 30.0 Å². The van der Waals surface area contributed by atoms with Crippen LogP contribution in [0.25, 0.3) is 0 Å². The number of carbonyl (C=O) groups is 1. The first-order chi connectivity index (χ1) is 17.2. The number of aliphatic hydroxyl groups excluding tert-OH is 1. The fraction of sp³-hybridized carbons (Fsp3) is 0.231. The van der Waals surface area contributed by atoms with Crippen molar-refractivity contribution in [3.8, 4) is 0 Å². The molecule has 188 valence electrons. The molecule has 2 atom stereocenters. The second-order valence-electron chi connectivity index (χ2n) is 8.23. The van der Waals surface area contributed by atoms with Crippen LogP contribution in [-0.2, 0) is 20.0 Å².